The van der Waals surface area contributed by atoms with Crippen molar-refractivity contribution in [1.29, 1.82) is 0 Å². The molecule has 0 spiro atoms. The van der Waals surface area contributed by atoms with Crippen LogP contribution in [0, 0.1) is 5.92 Å². The molecule has 0 saturated carbocycles. The normalized spacial score (nSPS) is 11.9. The van der Waals surface area contributed by atoms with Gasteiger partial charge in [0.25, 0.3) is 0 Å². The van der Waals surface area contributed by atoms with Crippen LogP contribution in [0.25, 0.3) is 0 Å². The van der Waals surface area contributed by atoms with E-state index in [2.05, 4.69) is 19.2 Å². The van der Waals surface area contributed by atoms with Gasteiger partial charge in [-0.25, -0.2) is 0 Å². The van der Waals surface area contributed by atoms with E-state index < -0.39 is 0 Å². The molecule has 0 aromatic heterocycles. The molecule has 0 aliphatic rings. The highest BCUT2D eigenvalue weighted by molar-refractivity contribution is 5.75. The number of nitrogens with one attached hydrogen (secondary N) is 1. The average Bonchev–Trinajstić information content (AvgIpc) is 2.47. The summed E-state index contributed by atoms with van der Waals surface area (Å²) in [5, 5.41) is 3.00. The van der Waals surface area contributed by atoms with Crippen molar-refractivity contribution in [1.82, 2.24) is 5.32 Å². The summed E-state index contributed by atoms with van der Waals surface area (Å²) in [6.45, 7) is 5.52. The van der Waals surface area contributed by atoms with E-state index in [1.165, 1.54) is 19.3 Å². The largest absolute Gasteiger partial charge is 0.493 e. The van der Waals surface area contributed by atoms with E-state index in [1.54, 1.807) is 12.1 Å². The van der Waals surface area contributed by atoms with Gasteiger partial charge in [0.2, 0.25) is 5.91 Å². The molecule has 1 atom stereocenters. The fourth-order valence-corrected chi connectivity index (χ4v) is 2.16. The lowest BCUT2D eigenvalue weighted by molar-refractivity contribution is -0.121. The Labute approximate surface area is 128 Å². The van der Waals surface area contributed by atoms with E-state index in [-0.39, 0.29) is 5.91 Å². The minimum Gasteiger partial charge on any atom is -0.493 e. The Morgan fingerprint density at radius 3 is 2.86 bits per heavy atom. The van der Waals surface area contributed by atoms with Crippen molar-refractivity contribution in [2.24, 2.45) is 5.92 Å². The van der Waals surface area contributed by atoms with Crippen LogP contribution in [0.5, 0.6) is 5.75 Å². The molecule has 1 unspecified atom stereocenters. The van der Waals surface area contributed by atoms with E-state index in [1.807, 2.05) is 12.1 Å². The van der Waals surface area contributed by atoms with Gasteiger partial charge in [-0.15, -0.1) is 0 Å². The number of anilines is 1. The molecule has 0 radical (unpaired) electrons. The van der Waals surface area contributed by atoms with Gasteiger partial charge in [0.05, 0.1) is 13.0 Å². The molecule has 1 aromatic rings. The highest BCUT2D eigenvalue weighted by atomic mass is 16.5. The second kappa shape index (κ2) is 10.1. The van der Waals surface area contributed by atoms with Crippen molar-refractivity contribution < 1.29 is 9.53 Å². The maximum absolute atomic E-state index is 11.8. The predicted octanol–water partition coefficient (Wildman–Crippen LogP) is 3.37. The molecule has 1 amide bonds. The van der Waals surface area contributed by atoms with Gasteiger partial charge in [0.15, 0.2) is 0 Å². The van der Waals surface area contributed by atoms with Crippen molar-refractivity contribution in [3.63, 3.8) is 0 Å². The topological polar surface area (TPSA) is 64.3 Å². The van der Waals surface area contributed by atoms with Crippen molar-refractivity contribution in [3.8, 4) is 5.75 Å². The maximum atomic E-state index is 11.8. The maximum Gasteiger partial charge on any atom is 0.223 e. The summed E-state index contributed by atoms with van der Waals surface area (Å²) < 4.78 is 5.51. The predicted molar refractivity (Wildman–Crippen MR) is 87.3 cm³/mol. The zero-order chi connectivity index (χ0) is 15.5. The van der Waals surface area contributed by atoms with Crippen LogP contribution in [0.2, 0.25) is 0 Å². The summed E-state index contributed by atoms with van der Waals surface area (Å²) in [4.78, 5) is 11.8. The minimum atomic E-state index is 0.0499. The van der Waals surface area contributed by atoms with Gasteiger partial charge >= 0.3 is 0 Å². The third-order valence-corrected chi connectivity index (χ3v) is 3.59. The Morgan fingerprint density at radius 1 is 1.38 bits per heavy atom. The fourth-order valence-electron chi connectivity index (χ4n) is 2.16. The van der Waals surface area contributed by atoms with Crippen molar-refractivity contribution in [3.05, 3.63) is 24.3 Å². The first kappa shape index (κ1) is 17.3. The lowest BCUT2D eigenvalue weighted by Gasteiger charge is -2.15. The Balaban J connectivity index is 2.18. The minimum absolute atomic E-state index is 0.0499. The van der Waals surface area contributed by atoms with Gasteiger partial charge in [-0.2, -0.15) is 0 Å². The zero-order valence-electron chi connectivity index (χ0n) is 13.2. The molecular weight excluding hydrogens is 264 g/mol. The molecule has 0 aliphatic carbocycles. The number of unbranched alkanes of at least 4 members (excludes halogenated alkanes) is 1. The van der Waals surface area contributed by atoms with Crippen LogP contribution in [-0.2, 0) is 4.79 Å². The van der Waals surface area contributed by atoms with Gasteiger partial charge in [0.1, 0.15) is 5.75 Å². The summed E-state index contributed by atoms with van der Waals surface area (Å²) in [5.41, 5.74) is 6.33. The Morgan fingerprint density at radius 2 is 2.19 bits per heavy atom. The second-order valence-electron chi connectivity index (χ2n) is 5.39. The van der Waals surface area contributed by atoms with Gasteiger partial charge in [-0.05, 0) is 24.5 Å². The van der Waals surface area contributed by atoms with E-state index in [9.17, 15) is 4.79 Å². The lowest BCUT2D eigenvalue weighted by Crippen LogP contribution is -2.30. The van der Waals surface area contributed by atoms with Crippen LogP contribution >= 0.6 is 0 Å². The Hall–Kier alpha value is -1.71. The highest BCUT2D eigenvalue weighted by Crippen LogP contribution is 2.14. The number of carbonyl (C=O) groups is 1. The number of hydrogen-bond donors (Lipinski definition) is 2. The van der Waals surface area contributed by atoms with Crippen molar-refractivity contribution >= 4 is 11.6 Å². The molecule has 0 saturated heterocycles. The summed E-state index contributed by atoms with van der Waals surface area (Å²) >= 11 is 0. The SMILES string of the molecule is CCCCC(CC)CNC(=O)CCOc1cccc(N)c1. The smallest absolute Gasteiger partial charge is 0.223 e. The van der Waals surface area contributed by atoms with Crippen LogP contribution in [-0.4, -0.2) is 19.1 Å². The van der Waals surface area contributed by atoms with Gasteiger partial charge in [0, 0.05) is 18.3 Å². The first-order valence-corrected chi connectivity index (χ1v) is 7.90. The van der Waals surface area contributed by atoms with Crippen LogP contribution < -0.4 is 15.8 Å². The molecule has 1 rings (SSSR count). The van der Waals surface area contributed by atoms with Gasteiger partial charge < -0.3 is 15.8 Å². The van der Waals surface area contributed by atoms with Crippen LogP contribution in [0.15, 0.2) is 24.3 Å². The zero-order valence-corrected chi connectivity index (χ0v) is 13.2. The number of nitrogen functional groups attached to an aromatic ring is 1. The number of benzene rings is 1. The molecule has 0 fully saturated rings. The number of amides is 1. The van der Waals surface area contributed by atoms with E-state index >= 15 is 0 Å². The molecule has 0 bridgehead atoms. The molecular formula is C17H28N2O2. The summed E-state index contributed by atoms with van der Waals surface area (Å²) in [5.74, 6) is 1.34. The number of hydrogen-bond acceptors (Lipinski definition) is 3. The van der Waals surface area contributed by atoms with Crippen molar-refractivity contribution in [2.45, 2.75) is 46.0 Å². The van der Waals surface area contributed by atoms with E-state index in [4.69, 9.17) is 10.5 Å². The van der Waals surface area contributed by atoms with Gasteiger partial charge in [-0.3, -0.25) is 4.79 Å². The van der Waals surface area contributed by atoms with Crippen molar-refractivity contribution in [2.75, 3.05) is 18.9 Å². The number of nitrogens with two attached hydrogens (primary N) is 1. The quantitative estimate of drug-likeness (QED) is 0.650. The summed E-state index contributed by atoms with van der Waals surface area (Å²) in [7, 11) is 0. The molecule has 4 nitrogen and oxygen atoms in total. The average molecular weight is 292 g/mol. The first-order chi connectivity index (χ1) is 10.2. The van der Waals surface area contributed by atoms with Gasteiger partial charge in [-0.1, -0.05) is 39.2 Å². The number of ether oxygens (including phenoxy) is 1. The Kier molecular flexibility index (Phi) is 8.32. The molecule has 0 aliphatic heterocycles. The van der Waals surface area contributed by atoms with Crippen LogP contribution in [0.4, 0.5) is 5.69 Å². The second-order valence-corrected chi connectivity index (χ2v) is 5.39. The lowest BCUT2D eigenvalue weighted by atomic mass is 9.99. The third kappa shape index (κ3) is 7.59. The molecule has 21 heavy (non-hydrogen) atoms. The fraction of sp³-hybridized carbons (Fsp3) is 0.588. The summed E-state index contributed by atoms with van der Waals surface area (Å²) in [6.07, 6.45) is 5.11. The van der Waals surface area contributed by atoms with Crippen LogP contribution in [0.1, 0.15) is 46.0 Å². The number of carbonyl (C=O) groups excluding carboxylic acids is 1. The molecule has 3 N–H and O–H groups in total. The summed E-state index contributed by atoms with van der Waals surface area (Å²) in [6, 6.07) is 7.24. The van der Waals surface area contributed by atoms with Crippen LogP contribution in [0.3, 0.4) is 0 Å². The third-order valence-electron chi connectivity index (χ3n) is 3.59. The molecule has 4 heteroatoms. The van der Waals surface area contributed by atoms with E-state index in [0.717, 1.165) is 13.0 Å². The Bertz CT molecular complexity index is 421. The van der Waals surface area contributed by atoms with E-state index in [0.29, 0.717) is 30.4 Å². The number of rotatable bonds is 10. The first-order valence-electron chi connectivity index (χ1n) is 7.90. The highest BCUT2D eigenvalue weighted by Gasteiger charge is 2.08. The monoisotopic (exact) mass is 292 g/mol. The molecule has 1 aromatic carbocycles. The molecule has 118 valence electrons. The molecule has 0 heterocycles. The standard InChI is InChI=1S/C17H28N2O2/c1-3-5-7-14(4-2)13-19-17(20)10-11-21-16-9-6-8-15(18)12-16/h6,8-9,12,14H,3-5,7,10-11,13,18H2,1-2H3,(H,19,20).